The van der Waals surface area contributed by atoms with Crippen LogP contribution in [0.1, 0.15) is 43.8 Å². The van der Waals surface area contributed by atoms with Gasteiger partial charge in [0.15, 0.2) is 0 Å². The molecule has 0 aliphatic heterocycles. The third kappa shape index (κ3) is 1.77. The van der Waals surface area contributed by atoms with Crippen molar-refractivity contribution >= 4 is 15.9 Å². The Labute approximate surface area is 86.7 Å². The highest BCUT2D eigenvalue weighted by molar-refractivity contribution is 9.08. The third-order valence-corrected chi connectivity index (χ3v) is 2.87. The molecule has 0 atom stereocenters. The Morgan fingerprint density at radius 2 is 2.23 bits per heavy atom. The summed E-state index contributed by atoms with van der Waals surface area (Å²) < 4.78 is 2.27. The molecule has 1 heterocycles. The predicted molar refractivity (Wildman–Crippen MR) is 54.9 cm³/mol. The highest BCUT2D eigenvalue weighted by Crippen LogP contribution is 2.39. The second kappa shape index (κ2) is 3.78. The first-order chi connectivity index (χ1) is 6.36. The van der Waals surface area contributed by atoms with Gasteiger partial charge in [0.25, 0.3) is 0 Å². The number of alkyl halides is 1. The summed E-state index contributed by atoms with van der Waals surface area (Å²) in [7, 11) is 0. The number of hydrogen-bond acceptors (Lipinski definition) is 2. The van der Waals surface area contributed by atoms with E-state index in [0.717, 1.165) is 24.1 Å². The summed E-state index contributed by atoms with van der Waals surface area (Å²) in [4.78, 5) is 0. The van der Waals surface area contributed by atoms with E-state index in [1.54, 1.807) is 0 Å². The van der Waals surface area contributed by atoms with Gasteiger partial charge in [-0.05, 0) is 19.3 Å². The third-order valence-electron chi connectivity index (χ3n) is 2.37. The van der Waals surface area contributed by atoms with E-state index in [1.165, 1.54) is 18.7 Å². The van der Waals surface area contributed by atoms with Crippen LogP contribution in [-0.4, -0.2) is 14.8 Å². The molecule has 0 spiro atoms. The Morgan fingerprint density at radius 1 is 1.46 bits per heavy atom. The van der Waals surface area contributed by atoms with Gasteiger partial charge in [-0.15, -0.1) is 10.2 Å². The van der Waals surface area contributed by atoms with Crippen molar-refractivity contribution in [1.29, 1.82) is 0 Å². The number of nitrogens with zero attached hydrogens (tertiary/aromatic N) is 3. The Hall–Kier alpha value is -0.380. The lowest BCUT2D eigenvalue weighted by molar-refractivity contribution is 0.622. The first-order valence-electron chi connectivity index (χ1n) is 4.84. The van der Waals surface area contributed by atoms with Crippen molar-refractivity contribution in [3.63, 3.8) is 0 Å². The zero-order valence-corrected chi connectivity index (χ0v) is 9.42. The summed E-state index contributed by atoms with van der Waals surface area (Å²) in [6, 6.07) is 0. The first kappa shape index (κ1) is 9.19. The SMILES string of the molecule is CCCn1c(CBr)nnc1C1CC1. The van der Waals surface area contributed by atoms with Crippen molar-refractivity contribution in [2.45, 2.75) is 44.0 Å². The van der Waals surface area contributed by atoms with Crippen LogP contribution in [0.15, 0.2) is 0 Å². The van der Waals surface area contributed by atoms with E-state index in [-0.39, 0.29) is 0 Å². The molecule has 0 unspecified atom stereocenters. The van der Waals surface area contributed by atoms with Crippen LogP contribution in [0.4, 0.5) is 0 Å². The fourth-order valence-corrected chi connectivity index (χ4v) is 1.97. The zero-order valence-electron chi connectivity index (χ0n) is 7.83. The summed E-state index contributed by atoms with van der Waals surface area (Å²) in [6.07, 6.45) is 3.74. The van der Waals surface area contributed by atoms with E-state index in [2.05, 4.69) is 37.6 Å². The van der Waals surface area contributed by atoms with E-state index in [0.29, 0.717) is 5.92 Å². The minimum Gasteiger partial charge on any atom is -0.314 e. The van der Waals surface area contributed by atoms with Crippen LogP contribution in [0.2, 0.25) is 0 Å². The fourth-order valence-electron chi connectivity index (χ4n) is 1.56. The summed E-state index contributed by atoms with van der Waals surface area (Å²) in [5, 5.41) is 9.24. The molecule has 1 aliphatic carbocycles. The molecular weight excluding hydrogens is 230 g/mol. The molecule has 13 heavy (non-hydrogen) atoms. The Bertz CT molecular complexity index is 291. The van der Waals surface area contributed by atoms with Crippen LogP contribution in [0.25, 0.3) is 0 Å². The molecule has 0 bridgehead atoms. The van der Waals surface area contributed by atoms with Crippen molar-refractivity contribution in [3.8, 4) is 0 Å². The maximum Gasteiger partial charge on any atom is 0.143 e. The van der Waals surface area contributed by atoms with Gasteiger partial charge in [0.2, 0.25) is 0 Å². The monoisotopic (exact) mass is 243 g/mol. The van der Waals surface area contributed by atoms with Crippen LogP contribution >= 0.6 is 15.9 Å². The van der Waals surface area contributed by atoms with E-state index in [1.807, 2.05) is 0 Å². The maximum atomic E-state index is 4.25. The highest BCUT2D eigenvalue weighted by Gasteiger charge is 2.29. The lowest BCUT2D eigenvalue weighted by atomic mass is 10.3. The van der Waals surface area contributed by atoms with Gasteiger partial charge in [0, 0.05) is 12.5 Å². The summed E-state index contributed by atoms with van der Waals surface area (Å²) in [6.45, 7) is 3.24. The first-order valence-corrected chi connectivity index (χ1v) is 5.97. The summed E-state index contributed by atoms with van der Waals surface area (Å²) >= 11 is 3.44. The molecular formula is C9H14BrN3. The molecule has 72 valence electrons. The molecule has 1 aromatic rings. The Kier molecular flexibility index (Phi) is 2.67. The van der Waals surface area contributed by atoms with E-state index in [9.17, 15) is 0 Å². The second-order valence-electron chi connectivity index (χ2n) is 3.53. The van der Waals surface area contributed by atoms with E-state index in [4.69, 9.17) is 0 Å². The average Bonchev–Trinajstić information content (AvgIpc) is 2.90. The molecule has 1 aromatic heterocycles. The molecule has 1 aliphatic rings. The van der Waals surface area contributed by atoms with Gasteiger partial charge in [-0.3, -0.25) is 0 Å². The molecule has 0 saturated heterocycles. The molecule has 3 nitrogen and oxygen atoms in total. The molecule has 2 rings (SSSR count). The van der Waals surface area contributed by atoms with E-state index >= 15 is 0 Å². The van der Waals surface area contributed by atoms with Gasteiger partial charge < -0.3 is 4.57 Å². The van der Waals surface area contributed by atoms with Crippen molar-refractivity contribution in [2.75, 3.05) is 0 Å². The molecule has 4 heteroatoms. The quantitative estimate of drug-likeness (QED) is 0.761. The van der Waals surface area contributed by atoms with Gasteiger partial charge >= 0.3 is 0 Å². The summed E-state index contributed by atoms with van der Waals surface area (Å²) in [5.74, 6) is 2.98. The van der Waals surface area contributed by atoms with Crippen molar-refractivity contribution in [1.82, 2.24) is 14.8 Å². The van der Waals surface area contributed by atoms with Crippen LogP contribution in [-0.2, 0) is 11.9 Å². The number of aromatic nitrogens is 3. The summed E-state index contributed by atoms with van der Waals surface area (Å²) in [5.41, 5.74) is 0. The number of rotatable bonds is 4. The van der Waals surface area contributed by atoms with Gasteiger partial charge in [0.05, 0.1) is 5.33 Å². The smallest absolute Gasteiger partial charge is 0.143 e. The molecule has 1 fully saturated rings. The standard InChI is InChI=1S/C9H14BrN3/c1-2-5-13-8(6-10)11-12-9(13)7-3-4-7/h7H,2-6H2,1H3. The lowest BCUT2D eigenvalue weighted by Crippen LogP contribution is -2.05. The predicted octanol–water partition coefficient (Wildman–Crippen LogP) is 2.46. The molecule has 1 saturated carbocycles. The Balaban J connectivity index is 2.26. The Morgan fingerprint density at radius 3 is 2.77 bits per heavy atom. The number of halogens is 1. The largest absolute Gasteiger partial charge is 0.314 e. The molecule has 0 N–H and O–H groups in total. The van der Waals surface area contributed by atoms with Crippen LogP contribution in [0.5, 0.6) is 0 Å². The lowest BCUT2D eigenvalue weighted by Gasteiger charge is -2.05. The van der Waals surface area contributed by atoms with E-state index < -0.39 is 0 Å². The normalized spacial score (nSPS) is 16.5. The maximum absolute atomic E-state index is 4.25. The van der Waals surface area contributed by atoms with Crippen LogP contribution in [0.3, 0.4) is 0 Å². The van der Waals surface area contributed by atoms with Gasteiger partial charge in [-0.1, -0.05) is 22.9 Å². The minimum atomic E-state index is 0.701. The van der Waals surface area contributed by atoms with Gasteiger partial charge in [0.1, 0.15) is 11.6 Å². The van der Waals surface area contributed by atoms with Crippen LogP contribution < -0.4 is 0 Å². The molecule has 0 amide bonds. The van der Waals surface area contributed by atoms with Crippen LogP contribution in [0, 0.1) is 0 Å². The van der Waals surface area contributed by atoms with Crippen molar-refractivity contribution in [3.05, 3.63) is 11.6 Å². The average molecular weight is 244 g/mol. The highest BCUT2D eigenvalue weighted by atomic mass is 79.9. The van der Waals surface area contributed by atoms with Gasteiger partial charge in [-0.2, -0.15) is 0 Å². The zero-order chi connectivity index (χ0) is 9.26. The second-order valence-corrected chi connectivity index (χ2v) is 4.09. The van der Waals surface area contributed by atoms with Crippen molar-refractivity contribution < 1.29 is 0 Å². The topological polar surface area (TPSA) is 30.7 Å². The van der Waals surface area contributed by atoms with Gasteiger partial charge in [-0.25, -0.2) is 0 Å². The fraction of sp³-hybridized carbons (Fsp3) is 0.778. The number of hydrogen-bond donors (Lipinski definition) is 0. The molecule has 0 radical (unpaired) electrons. The van der Waals surface area contributed by atoms with Crippen molar-refractivity contribution in [2.24, 2.45) is 0 Å². The molecule has 0 aromatic carbocycles. The minimum absolute atomic E-state index is 0.701.